The van der Waals surface area contributed by atoms with Crippen molar-refractivity contribution in [1.82, 2.24) is 15.6 Å². The predicted octanol–water partition coefficient (Wildman–Crippen LogP) is 4.37. The van der Waals surface area contributed by atoms with Gasteiger partial charge in [-0.25, -0.2) is 4.98 Å². The highest BCUT2D eigenvalue weighted by atomic mass is 127. The van der Waals surface area contributed by atoms with E-state index in [0.29, 0.717) is 17.3 Å². The van der Waals surface area contributed by atoms with Gasteiger partial charge in [0.15, 0.2) is 5.96 Å². The molecule has 0 aliphatic heterocycles. The van der Waals surface area contributed by atoms with Gasteiger partial charge in [0.2, 0.25) is 0 Å². The van der Waals surface area contributed by atoms with Crippen LogP contribution < -0.4 is 20.1 Å². The van der Waals surface area contributed by atoms with Gasteiger partial charge in [-0.15, -0.1) is 35.3 Å². The molecule has 2 aromatic rings. The van der Waals surface area contributed by atoms with Crippen LogP contribution in [0.4, 0.5) is 8.78 Å². The summed E-state index contributed by atoms with van der Waals surface area (Å²) in [6.45, 7) is 0.142. The number of rotatable bonds is 10. The minimum atomic E-state index is -2.88. The number of ether oxygens (including phenoxy) is 2. The molecule has 162 valence electrons. The zero-order valence-electron chi connectivity index (χ0n) is 16.7. The number of hydrogen-bond acceptors (Lipinski definition) is 5. The van der Waals surface area contributed by atoms with Crippen LogP contribution in [0.25, 0.3) is 0 Å². The summed E-state index contributed by atoms with van der Waals surface area (Å²) in [5.74, 6) is 1.27. The number of aliphatic imine (C=N–C) groups is 1. The van der Waals surface area contributed by atoms with Gasteiger partial charge in [0.25, 0.3) is 0 Å². The Labute approximate surface area is 191 Å². The molecule has 6 nitrogen and oxygen atoms in total. The molecule has 0 saturated heterocycles. The molecule has 0 saturated carbocycles. The van der Waals surface area contributed by atoms with Crippen molar-refractivity contribution in [2.24, 2.45) is 4.99 Å². The minimum Gasteiger partial charge on any atom is -0.497 e. The molecule has 0 fully saturated rings. The third-order valence-corrected chi connectivity index (χ3v) is 4.96. The van der Waals surface area contributed by atoms with Gasteiger partial charge in [-0.2, -0.15) is 8.78 Å². The molecule has 1 aromatic carbocycles. The Kier molecular flexibility index (Phi) is 11.8. The molecule has 2 N–H and O–H groups in total. The van der Waals surface area contributed by atoms with Crippen LogP contribution in [0.5, 0.6) is 11.5 Å². The van der Waals surface area contributed by atoms with Crippen LogP contribution in [-0.4, -0.2) is 38.3 Å². The van der Waals surface area contributed by atoms with Crippen molar-refractivity contribution in [3.8, 4) is 11.5 Å². The summed E-state index contributed by atoms with van der Waals surface area (Å²) in [7, 11) is 3.18. The molecule has 2 rings (SSSR count). The highest BCUT2D eigenvalue weighted by Crippen LogP contribution is 2.25. The van der Waals surface area contributed by atoms with Crippen molar-refractivity contribution < 1.29 is 18.3 Å². The summed E-state index contributed by atoms with van der Waals surface area (Å²) in [6.07, 6.45) is 2.96. The number of guanidine groups is 1. The van der Waals surface area contributed by atoms with Gasteiger partial charge in [-0.3, -0.25) is 4.99 Å². The molecule has 0 amide bonds. The quantitative estimate of drug-likeness (QED) is 0.203. The first-order chi connectivity index (χ1) is 13.5. The van der Waals surface area contributed by atoms with E-state index in [1.165, 1.54) is 13.2 Å². The molecule has 0 atom stereocenters. The van der Waals surface area contributed by atoms with E-state index in [-0.39, 0.29) is 36.3 Å². The fraction of sp³-hybridized carbons (Fsp3) is 0.474. The van der Waals surface area contributed by atoms with Gasteiger partial charge in [0.1, 0.15) is 11.5 Å². The third kappa shape index (κ3) is 9.11. The standard InChI is InChI=1S/C19H26F2N4O2S.HI/c1-13-12-28-17(25-13)6-4-5-9-23-19(22-2)24-11-14-10-15(26-3)7-8-16(14)27-18(20)21;/h7-8,10,12,18H,4-6,9,11H2,1-3H3,(H2,22,23,24);1H. The third-order valence-electron chi connectivity index (χ3n) is 3.93. The highest BCUT2D eigenvalue weighted by Gasteiger charge is 2.11. The topological polar surface area (TPSA) is 67.8 Å². The summed E-state index contributed by atoms with van der Waals surface area (Å²) < 4.78 is 34.9. The van der Waals surface area contributed by atoms with E-state index in [2.05, 4.69) is 30.7 Å². The van der Waals surface area contributed by atoms with E-state index < -0.39 is 6.61 Å². The van der Waals surface area contributed by atoms with Crippen LogP contribution in [-0.2, 0) is 13.0 Å². The maximum atomic E-state index is 12.6. The molecule has 1 aromatic heterocycles. The number of nitrogens with zero attached hydrogens (tertiary/aromatic N) is 2. The van der Waals surface area contributed by atoms with Gasteiger partial charge in [-0.1, -0.05) is 0 Å². The second kappa shape index (κ2) is 13.5. The largest absolute Gasteiger partial charge is 0.497 e. The van der Waals surface area contributed by atoms with Gasteiger partial charge >= 0.3 is 6.61 Å². The van der Waals surface area contributed by atoms with Crippen molar-refractivity contribution in [2.45, 2.75) is 39.3 Å². The smallest absolute Gasteiger partial charge is 0.387 e. The number of aromatic nitrogens is 1. The number of alkyl halides is 2. The van der Waals surface area contributed by atoms with Crippen molar-refractivity contribution in [1.29, 1.82) is 0 Å². The Hall–Kier alpha value is -1.69. The average Bonchev–Trinajstić information content (AvgIpc) is 3.09. The Morgan fingerprint density at radius 2 is 2.07 bits per heavy atom. The number of nitrogens with one attached hydrogen (secondary N) is 2. The zero-order chi connectivity index (χ0) is 20.4. The molecule has 29 heavy (non-hydrogen) atoms. The number of methoxy groups -OCH3 is 1. The molecule has 0 aliphatic carbocycles. The van der Waals surface area contributed by atoms with E-state index in [4.69, 9.17) is 4.74 Å². The molecule has 0 unspecified atom stereocenters. The number of hydrogen-bond donors (Lipinski definition) is 2. The van der Waals surface area contributed by atoms with Gasteiger partial charge < -0.3 is 20.1 Å². The zero-order valence-corrected chi connectivity index (χ0v) is 19.9. The number of halogens is 3. The summed E-state index contributed by atoms with van der Waals surface area (Å²) in [5, 5.41) is 9.55. The van der Waals surface area contributed by atoms with Crippen LogP contribution in [0, 0.1) is 6.92 Å². The van der Waals surface area contributed by atoms with Crippen molar-refractivity contribution >= 4 is 41.3 Å². The maximum absolute atomic E-state index is 12.6. The van der Waals surface area contributed by atoms with Crippen LogP contribution in [0.2, 0.25) is 0 Å². The molecule has 10 heteroatoms. The first-order valence-electron chi connectivity index (χ1n) is 8.99. The molecular weight excluding hydrogens is 513 g/mol. The lowest BCUT2D eigenvalue weighted by Gasteiger charge is -2.15. The first kappa shape index (κ1) is 25.3. The molecular formula is C19H27F2IN4O2S. The number of thiazole rings is 1. The molecule has 1 heterocycles. The first-order valence-corrected chi connectivity index (χ1v) is 9.87. The van der Waals surface area contributed by atoms with Crippen LogP contribution in [0.1, 0.15) is 29.1 Å². The van der Waals surface area contributed by atoms with Crippen molar-refractivity contribution in [3.63, 3.8) is 0 Å². The van der Waals surface area contributed by atoms with Gasteiger partial charge in [0.05, 0.1) is 12.1 Å². The predicted molar refractivity (Wildman–Crippen MR) is 123 cm³/mol. The second-order valence-corrected chi connectivity index (χ2v) is 6.99. The highest BCUT2D eigenvalue weighted by molar-refractivity contribution is 14.0. The second-order valence-electron chi connectivity index (χ2n) is 6.04. The summed E-state index contributed by atoms with van der Waals surface area (Å²) in [5.41, 5.74) is 1.62. The fourth-order valence-electron chi connectivity index (χ4n) is 2.56. The number of unbranched alkanes of at least 4 members (excludes halogenated alkanes) is 1. The van der Waals surface area contributed by atoms with Crippen molar-refractivity contribution in [2.75, 3.05) is 20.7 Å². The SMILES string of the molecule is CN=C(NCCCCc1nc(C)cs1)NCc1cc(OC)ccc1OC(F)F.I. The molecule has 0 aliphatic rings. The molecule has 0 spiro atoms. The number of aryl methyl sites for hydroxylation is 2. The van der Waals surface area contributed by atoms with Gasteiger partial charge in [-0.05, 0) is 44.4 Å². The van der Waals surface area contributed by atoms with E-state index >= 15 is 0 Å². The lowest BCUT2D eigenvalue weighted by molar-refractivity contribution is -0.0504. The average molecular weight is 540 g/mol. The lowest BCUT2D eigenvalue weighted by atomic mass is 10.2. The lowest BCUT2D eigenvalue weighted by Crippen LogP contribution is -2.37. The van der Waals surface area contributed by atoms with E-state index in [0.717, 1.165) is 36.5 Å². The summed E-state index contributed by atoms with van der Waals surface area (Å²) >= 11 is 1.69. The normalized spacial score (nSPS) is 11.2. The van der Waals surface area contributed by atoms with Crippen molar-refractivity contribution in [3.05, 3.63) is 39.8 Å². The molecule has 0 radical (unpaired) electrons. The Bertz CT molecular complexity index is 774. The van der Waals surface area contributed by atoms with Crippen LogP contribution in [0.15, 0.2) is 28.6 Å². The Morgan fingerprint density at radius 1 is 1.28 bits per heavy atom. The van der Waals surface area contributed by atoms with E-state index in [9.17, 15) is 8.78 Å². The van der Waals surface area contributed by atoms with Crippen LogP contribution >= 0.6 is 35.3 Å². The van der Waals surface area contributed by atoms with E-state index in [1.54, 1.807) is 30.5 Å². The maximum Gasteiger partial charge on any atom is 0.387 e. The molecule has 0 bridgehead atoms. The van der Waals surface area contributed by atoms with Gasteiger partial charge in [0, 0.05) is 36.8 Å². The minimum absolute atomic E-state index is 0. The fourth-order valence-corrected chi connectivity index (χ4v) is 3.38. The number of benzene rings is 1. The summed E-state index contributed by atoms with van der Waals surface area (Å²) in [6, 6.07) is 4.71. The summed E-state index contributed by atoms with van der Waals surface area (Å²) in [4.78, 5) is 8.61. The Balaban J connectivity index is 0.00000420. The Morgan fingerprint density at radius 3 is 2.69 bits per heavy atom. The van der Waals surface area contributed by atoms with E-state index in [1.807, 2.05) is 6.92 Å². The monoisotopic (exact) mass is 540 g/mol. The van der Waals surface area contributed by atoms with Crippen LogP contribution in [0.3, 0.4) is 0 Å².